The molecule has 0 bridgehead atoms. The minimum Gasteiger partial charge on any atom is -0.490 e. The molecule has 0 saturated carbocycles. The molecule has 0 unspecified atom stereocenters. The Balaban J connectivity index is 1.43. The molecule has 0 aliphatic carbocycles. The summed E-state index contributed by atoms with van der Waals surface area (Å²) < 4.78 is 16.6. The van der Waals surface area contributed by atoms with E-state index in [0.717, 1.165) is 10.8 Å². The lowest BCUT2D eigenvalue weighted by atomic mass is 10.1. The van der Waals surface area contributed by atoms with Gasteiger partial charge < -0.3 is 19.0 Å². The quantitative estimate of drug-likeness (QED) is 0.310. The van der Waals surface area contributed by atoms with Crippen LogP contribution in [-0.4, -0.2) is 24.3 Å². The van der Waals surface area contributed by atoms with Crippen molar-refractivity contribution in [1.29, 1.82) is 0 Å². The molecule has 0 aliphatic rings. The highest BCUT2D eigenvalue weighted by Gasteiger charge is 2.08. The van der Waals surface area contributed by atoms with Crippen molar-refractivity contribution in [2.45, 2.75) is 0 Å². The number of carbonyl (C=O) groups is 1. The van der Waals surface area contributed by atoms with Gasteiger partial charge in [-0.25, -0.2) is 9.59 Å². The van der Waals surface area contributed by atoms with E-state index in [1.165, 1.54) is 12.1 Å². The molecular weight excluding hydrogens is 360 g/mol. The van der Waals surface area contributed by atoms with E-state index < -0.39 is 5.97 Å². The summed E-state index contributed by atoms with van der Waals surface area (Å²) in [5.74, 6) is 0.144. The Kier molecular flexibility index (Phi) is 4.68. The molecule has 140 valence electrons. The highest BCUT2D eigenvalue weighted by Crippen LogP contribution is 2.26. The van der Waals surface area contributed by atoms with Gasteiger partial charge in [-0.2, -0.15) is 0 Å². The molecule has 4 rings (SSSR count). The molecule has 0 saturated heterocycles. The Morgan fingerprint density at radius 1 is 0.821 bits per heavy atom. The van der Waals surface area contributed by atoms with Gasteiger partial charge in [-0.3, -0.25) is 0 Å². The summed E-state index contributed by atoms with van der Waals surface area (Å²) in [6.07, 6.45) is 0. The summed E-state index contributed by atoms with van der Waals surface area (Å²) in [5, 5.41) is 11.1. The maximum absolute atomic E-state index is 12.1. The third-order valence-electron chi connectivity index (χ3n) is 4.31. The van der Waals surface area contributed by atoms with Gasteiger partial charge >= 0.3 is 11.6 Å². The summed E-state index contributed by atoms with van der Waals surface area (Å²) in [6, 6.07) is 18.8. The number of hydrogen-bond acceptors (Lipinski definition) is 5. The summed E-state index contributed by atoms with van der Waals surface area (Å²) >= 11 is 0. The van der Waals surface area contributed by atoms with E-state index in [4.69, 9.17) is 19.0 Å². The number of benzene rings is 3. The van der Waals surface area contributed by atoms with Gasteiger partial charge in [0.05, 0.1) is 10.9 Å². The number of carboxylic acid groups (broad SMARTS) is 1. The zero-order chi connectivity index (χ0) is 19.5. The highest BCUT2D eigenvalue weighted by molar-refractivity contribution is 6.04. The van der Waals surface area contributed by atoms with Crippen LogP contribution in [0.2, 0.25) is 0 Å². The lowest BCUT2D eigenvalue weighted by molar-refractivity contribution is 0.0697. The first kappa shape index (κ1) is 17.6. The molecule has 1 N–H and O–H groups in total. The average Bonchev–Trinajstić information content (AvgIpc) is 2.71. The van der Waals surface area contributed by atoms with Crippen LogP contribution in [0.3, 0.4) is 0 Å². The molecule has 6 heteroatoms. The van der Waals surface area contributed by atoms with Gasteiger partial charge in [-0.05, 0) is 47.9 Å². The van der Waals surface area contributed by atoms with Crippen LogP contribution in [0, 0.1) is 0 Å². The minimum atomic E-state index is -0.981. The van der Waals surface area contributed by atoms with Crippen LogP contribution >= 0.6 is 0 Å². The van der Waals surface area contributed by atoms with Crippen molar-refractivity contribution in [2.24, 2.45) is 0 Å². The van der Waals surface area contributed by atoms with Crippen molar-refractivity contribution in [1.82, 2.24) is 0 Å². The SMILES string of the molecule is O=C(O)c1ccc(OCCOc2ccc3c(c2)oc(=O)c2ccccc23)cc1. The van der Waals surface area contributed by atoms with Crippen LogP contribution in [0.1, 0.15) is 10.4 Å². The molecule has 1 aromatic heterocycles. The van der Waals surface area contributed by atoms with Crippen LogP contribution in [-0.2, 0) is 0 Å². The van der Waals surface area contributed by atoms with Gasteiger partial charge in [0, 0.05) is 11.5 Å². The first-order valence-corrected chi connectivity index (χ1v) is 8.66. The van der Waals surface area contributed by atoms with E-state index in [1.807, 2.05) is 24.3 Å². The van der Waals surface area contributed by atoms with Gasteiger partial charge in [-0.1, -0.05) is 18.2 Å². The first-order valence-electron chi connectivity index (χ1n) is 8.66. The number of hydrogen-bond donors (Lipinski definition) is 1. The van der Waals surface area contributed by atoms with Crippen LogP contribution < -0.4 is 15.1 Å². The molecule has 1 heterocycles. The normalized spacial score (nSPS) is 10.9. The third-order valence-corrected chi connectivity index (χ3v) is 4.31. The van der Waals surface area contributed by atoms with E-state index in [9.17, 15) is 9.59 Å². The van der Waals surface area contributed by atoms with Crippen LogP contribution in [0.15, 0.2) is 75.9 Å². The Morgan fingerprint density at radius 2 is 1.46 bits per heavy atom. The lowest BCUT2D eigenvalue weighted by Crippen LogP contribution is -2.09. The van der Waals surface area contributed by atoms with Crippen LogP contribution in [0.4, 0.5) is 0 Å². The van der Waals surface area contributed by atoms with Crippen molar-refractivity contribution in [3.63, 3.8) is 0 Å². The average molecular weight is 376 g/mol. The number of rotatable bonds is 6. The molecule has 3 aromatic carbocycles. The first-order chi connectivity index (χ1) is 13.6. The molecule has 4 aromatic rings. The molecular formula is C22H16O6. The molecule has 0 aliphatic heterocycles. The lowest BCUT2D eigenvalue weighted by Gasteiger charge is -2.09. The largest absolute Gasteiger partial charge is 0.490 e. The summed E-state index contributed by atoms with van der Waals surface area (Å²) in [6.45, 7) is 0.566. The Labute approximate surface area is 159 Å². The smallest absolute Gasteiger partial charge is 0.344 e. The Bertz CT molecular complexity index is 1210. The van der Waals surface area contributed by atoms with Crippen LogP contribution in [0.25, 0.3) is 21.7 Å². The van der Waals surface area contributed by atoms with Crippen molar-refractivity contribution >= 4 is 27.7 Å². The summed E-state index contributed by atoms with van der Waals surface area (Å²) in [7, 11) is 0. The number of carboxylic acids is 1. The maximum atomic E-state index is 12.1. The topological polar surface area (TPSA) is 86.0 Å². The molecule has 6 nitrogen and oxygen atoms in total. The fraction of sp³-hybridized carbons (Fsp3) is 0.0909. The van der Waals surface area contributed by atoms with E-state index in [0.29, 0.717) is 22.5 Å². The monoisotopic (exact) mass is 376 g/mol. The fourth-order valence-electron chi connectivity index (χ4n) is 2.96. The highest BCUT2D eigenvalue weighted by atomic mass is 16.5. The predicted molar refractivity (Wildman–Crippen MR) is 104 cm³/mol. The summed E-state index contributed by atoms with van der Waals surface area (Å²) in [4.78, 5) is 23.0. The zero-order valence-electron chi connectivity index (χ0n) is 14.8. The zero-order valence-corrected chi connectivity index (χ0v) is 14.8. The van der Waals surface area contributed by atoms with Gasteiger partial charge in [0.25, 0.3) is 0 Å². The Morgan fingerprint density at radius 3 is 2.18 bits per heavy atom. The van der Waals surface area contributed by atoms with E-state index in [-0.39, 0.29) is 24.4 Å². The second-order valence-electron chi connectivity index (χ2n) is 6.12. The van der Waals surface area contributed by atoms with Crippen molar-refractivity contribution in [3.8, 4) is 11.5 Å². The maximum Gasteiger partial charge on any atom is 0.344 e. The molecule has 0 atom stereocenters. The van der Waals surface area contributed by atoms with Gasteiger partial charge in [0.15, 0.2) is 0 Å². The molecule has 0 spiro atoms. The summed E-state index contributed by atoms with van der Waals surface area (Å²) in [5.41, 5.74) is 0.286. The van der Waals surface area contributed by atoms with Crippen LogP contribution in [0.5, 0.6) is 11.5 Å². The van der Waals surface area contributed by atoms with Gasteiger partial charge in [0.1, 0.15) is 30.3 Å². The third kappa shape index (κ3) is 3.53. The number of aromatic carboxylic acids is 1. The second-order valence-corrected chi connectivity index (χ2v) is 6.12. The van der Waals surface area contributed by atoms with Crippen molar-refractivity contribution in [3.05, 3.63) is 82.7 Å². The fourth-order valence-corrected chi connectivity index (χ4v) is 2.96. The molecule has 28 heavy (non-hydrogen) atoms. The van der Waals surface area contributed by atoms with Gasteiger partial charge in [-0.15, -0.1) is 0 Å². The van der Waals surface area contributed by atoms with E-state index >= 15 is 0 Å². The van der Waals surface area contributed by atoms with Gasteiger partial charge in [0.2, 0.25) is 0 Å². The molecule has 0 amide bonds. The minimum absolute atomic E-state index is 0.203. The second kappa shape index (κ2) is 7.44. The Hall–Kier alpha value is -3.80. The van der Waals surface area contributed by atoms with E-state index in [1.54, 1.807) is 30.3 Å². The standard InChI is InChI=1S/C22H16O6/c23-21(24)14-5-7-15(8-6-14)26-11-12-27-16-9-10-18-17-3-1-2-4-19(17)22(25)28-20(18)13-16/h1-10,13H,11-12H2,(H,23,24). The van der Waals surface area contributed by atoms with Crippen molar-refractivity contribution in [2.75, 3.05) is 13.2 Å². The molecule has 0 radical (unpaired) electrons. The molecule has 0 fully saturated rings. The number of fused-ring (bicyclic) bond motifs is 3. The van der Waals surface area contributed by atoms with Crippen molar-refractivity contribution < 1.29 is 23.8 Å². The number of ether oxygens (including phenoxy) is 2. The van der Waals surface area contributed by atoms with E-state index in [2.05, 4.69) is 0 Å². The predicted octanol–water partition coefficient (Wildman–Crippen LogP) is 4.10.